The van der Waals surface area contributed by atoms with Gasteiger partial charge in [-0.1, -0.05) is 35.9 Å². The largest absolute Gasteiger partial charge is 0.344 e. The highest BCUT2D eigenvalue weighted by atomic mass is 16.7. The summed E-state index contributed by atoms with van der Waals surface area (Å²) in [4.78, 5) is 0. The van der Waals surface area contributed by atoms with Gasteiger partial charge in [-0.3, -0.25) is 0 Å². The predicted molar refractivity (Wildman–Crippen MR) is 59.5 cm³/mol. The van der Waals surface area contributed by atoms with Crippen molar-refractivity contribution in [1.82, 2.24) is 0 Å². The van der Waals surface area contributed by atoms with Crippen molar-refractivity contribution in [2.75, 3.05) is 13.2 Å². The van der Waals surface area contributed by atoms with E-state index in [4.69, 9.17) is 9.47 Å². The van der Waals surface area contributed by atoms with Gasteiger partial charge in [0.25, 0.3) is 0 Å². The Balaban J connectivity index is 2.03. The van der Waals surface area contributed by atoms with Crippen LogP contribution in [-0.2, 0) is 9.47 Å². The van der Waals surface area contributed by atoms with E-state index in [0.29, 0.717) is 13.2 Å². The van der Waals surface area contributed by atoms with Crippen LogP contribution in [0.4, 0.5) is 0 Å². The van der Waals surface area contributed by atoms with E-state index in [2.05, 4.69) is 13.8 Å². The number of hydrogen-bond acceptors (Lipinski definition) is 2. The smallest absolute Gasteiger partial charge is 0.184 e. The summed E-state index contributed by atoms with van der Waals surface area (Å²) in [6, 6.07) is 10.0. The van der Waals surface area contributed by atoms with Gasteiger partial charge < -0.3 is 9.47 Å². The second-order valence-corrected chi connectivity index (χ2v) is 3.97. The summed E-state index contributed by atoms with van der Waals surface area (Å²) >= 11 is 0. The van der Waals surface area contributed by atoms with Gasteiger partial charge in [0.05, 0.1) is 13.2 Å². The number of benzene rings is 1. The molecule has 0 N–H and O–H groups in total. The van der Waals surface area contributed by atoms with Gasteiger partial charge in [-0.15, -0.1) is 0 Å². The molecule has 0 aliphatic carbocycles. The summed E-state index contributed by atoms with van der Waals surface area (Å²) in [7, 11) is 0. The molecule has 1 aromatic rings. The van der Waals surface area contributed by atoms with Crippen LogP contribution in [0.15, 0.2) is 41.5 Å². The summed E-state index contributed by atoms with van der Waals surface area (Å²) in [5.41, 5.74) is 3.63. The molecular weight excluding hydrogens is 188 g/mol. The summed E-state index contributed by atoms with van der Waals surface area (Å²) in [5, 5.41) is 0. The fourth-order valence-electron chi connectivity index (χ4n) is 1.53. The summed E-state index contributed by atoms with van der Waals surface area (Å²) in [6.45, 7) is 5.54. The minimum Gasteiger partial charge on any atom is -0.344 e. The Kier molecular flexibility index (Phi) is 3.19. The molecule has 2 nitrogen and oxygen atoms in total. The quantitative estimate of drug-likeness (QED) is 0.654. The lowest BCUT2D eigenvalue weighted by molar-refractivity contribution is -0.161. The maximum atomic E-state index is 5.66. The molecule has 1 fully saturated rings. The number of ether oxygens (including phenoxy) is 2. The van der Waals surface area contributed by atoms with Gasteiger partial charge >= 0.3 is 0 Å². The molecule has 0 amide bonds. The Morgan fingerprint density at radius 2 is 1.67 bits per heavy atom. The number of rotatable bonds is 1. The van der Waals surface area contributed by atoms with E-state index in [9.17, 15) is 0 Å². The van der Waals surface area contributed by atoms with E-state index < -0.39 is 0 Å². The lowest BCUT2D eigenvalue weighted by atomic mass is 10.1. The molecule has 0 spiro atoms. The van der Waals surface area contributed by atoms with Crippen LogP contribution >= 0.6 is 0 Å². The van der Waals surface area contributed by atoms with Crippen LogP contribution in [0.3, 0.4) is 0 Å². The van der Waals surface area contributed by atoms with Gasteiger partial charge in [0, 0.05) is 5.56 Å². The lowest BCUT2D eigenvalue weighted by Crippen LogP contribution is -2.21. The Morgan fingerprint density at radius 1 is 1.07 bits per heavy atom. The Bertz CT molecular complexity index is 340. The molecule has 1 heterocycles. The molecular formula is C13H16O2. The molecule has 0 atom stereocenters. The fourth-order valence-corrected chi connectivity index (χ4v) is 1.53. The third-order valence-electron chi connectivity index (χ3n) is 2.60. The molecule has 0 bridgehead atoms. The molecule has 0 aromatic heterocycles. The molecule has 0 radical (unpaired) electrons. The highest BCUT2D eigenvalue weighted by molar-refractivity contribution is 5.18. The van der Waals surface area contributed by atoms with Crippen molar-refractivity contribution in [2.45, 2.75) is 20.1 Å². The number of allylic oxidation sites excluding steroid dienone is 1. The van der Waals surface area contributed by atoms with Gasteiger partial charge in [-0.2, -0.15) is 0 Å². The predicted octanol–water partition coefficient (Wildman–Crippen LogP) is 3.07. The average molecular weight is 204 g/mol. The highest BCUT2D eigenvalue weighted by Crippen LogP contribution is 2.25. The molecule has 2 rings (SSSR count). The fraction of sp³-hybridized carbons (Fsp3) is 0.385. The minimum absolute atomic E-state index is 0.200. The molecule has 0 unspecified atom stereocenters. The zero-order valence-corrected chi connectivity index (χ0v) is 9.19. The van der Waals surface area contributed by atoms with Crippen LogP contribution in [0.2, 0.25) is 0 Å². The third-order valence-corrected chi connectivity index (χ3v) is 2.60. The standard InChI is InChI=1S/C13H16O2/c1-10(2)12-8-14-13(15-9-12)11-6-4-3-5-7-11/h3-7,13H,8-9H2,1-2H3. The maximum Gasteiger partial charge on any atom is 0.184 e. The second kappa shape index (κ2) is 4.60. The first-order valence-corrected chi connectivity index (χ1v) is 5.21. The van der Waals surface area contributed by atoms with E-state index in [1.807, 2.05) is 30.3 Å². The molecule has 1 aliphatic heterocycles. The maximum absolute atomic E-state index is 5.66. The van der Waals surface area contributed by atoms with Crippen LogP contribution in [0.25, 0.3) is 0 Å². The lowest BCUT2D eigenvalue weighted by Gasteiger charge is -2.26. The molecule has 80 valence electrons. The zero-order chi connectivity index (χ0) is 10.7. The minimum atomic E-state index is -0.200. The van der Waals surface area contributed by atoms with Crippen LogP contribution in [0.5, 0.6) is 0 Å². The number of hydrogen-bond donors (Lipinski definition) is 0. The van der Waals surface area contributed by atoms with Gasteiger partial charge in [-0.05, 0) is 19.4 Å². The first-order valence-electron chi connectivity index (χ1n) is 5.21. The Morgan fingerprint density at radius 3 is 2.20 bits per heavy atom. The van der Waals surface area contributed by atoms with Crippen LogP contribution in [0.1, 0.15) is 25.7 Å². The van der Waals surface area contributed by atoms with E-state index in [1.165, 1.54) is 11.1 Å². The van der Waals surface area contributed by atoms with Gasteiger partial charge in [-0.25, -0.2) is 0 Å². The monoisotopic (exact) mass is 204 g/mol. The van der Waals surface area contributed by atoms with E-state index >= 15 is 0 Å². The van der Waals surface area contributed by atoms with Crippen molar-refractivity contribution < 1.29 is 9.47 Å². The second-order valence-electron chi connectivity index (χ2n) is 3.97. The van der Waals surface area contributed by atoms with Gasteiger partial charge in [0.1, 0.15) is 0 Å². The summed E-state index contributed by atoms with van der Waals surface area (Å²) in [5.74, 6) is 0. The molecule has 0 saturated carbocycles. The molecule has 1 aliphatic rings. The summed E-state index contributed by atoms with van der Waals surface area (Å²) in [6.07, 6.45) is -0.200. The summed E-state index contributed by atoms with van der Waals surface area (Å²) < 4.78 is 11.3. The van der Waals surface area contributed by atoms with Crippen molar-refractivity contribution in [3.8, 4) is 0 Å². The Labute approximate surface area is 90.5 Å². The average Bonchev–Trinajstić information content (AvgIpc) is 2.30. The molecule has 1 saturated heterocycles. The van der Waals surface area contributed by atoms with E-state index in [1.54, 1.807) is 0 Å². The van der Waals surface area contributed by atoms with Crippen molar-refractivity contribution in [3.05, 3.63) is 47.0 Å². The molecule has 2 heteroatoms. The molecule has 1 aromatic carbocycles. The third kappa shape index (κ3) is 2.46. The van der Waals surface area contributed by atoms with Gasteiger partial charge in [0.15, 0.2) is 6.29 Å². The van der Waals surface area contributed by atoms with E-state index in [-0.39, 0.29) is 6.29 Å². The van der Waals surface area contributed by atoms with Crippen molar-refractivity contribution in [3.63, 3.8) is 0 Å². The highest BCUT2D eigenvalue weighted by Gasteiger charge is 2.19. The topological polar surface area (TPSA) is 18.5 Å². The van der Waals surface area contributed by atoms with Gasteiger partial charge in [0.2, 0.25) is 0 Å². The van der Waals surface area contributed by atoms with Crippen LogP contribution in [-0.4, -0.2) is 13.2 Å². The van der Waals surface area contributed by atoms with Crippen molar-refractivity contribution in [1.29, 1.82) is 0 Å². The van der Waals surface area contributed by atoms with Crippen LogP contribution < -0.4 is 0 Å². The zero-order valence-electron chi connectivity index (χ0n) is 9.19. The first-order chi connectivity index (χ1) is 7.27. The van der Waals surface area contributed by atoms with Crippen molar-refractivity contribution in [2.24, 2.45) is 0 Å². The normalized spacial score (nSPS) is 21.5. The van der Waals surface area contributed by atoms with E-state index in [0.717, 1.165) is 5.56 Å². The van der Waals surface area contributed by atoms with Crippen molar-refractivity contribution >= 4 is 0 Å². The SMILES string of the molecule is CC(C)=C1COC(c2ccccc2)OC1. The van der Waals surface area contributed by atoms with Crippen LogP contribution in [0, 0.1) is 0 Å². The first kappa shape index (κ1) is 10.4. The Hall–Kier alpha value is -1.12. The molecule has 15 heavy (non-hydrogen) atoms.